The zero-order valence-electron chi connectivity index (χ0n) is 13.0. The van der Waals surface area contributed by atoms with E-state index in [1.807, 2.05) is 0 Å². The van der Waals surface area contributed by atoms with Crippen molar-refractivity contribution in [2.45, 2.75) is 64.5 Å². The zero-order valence-corrected chi connectivity index (χ0v) is 13.0. The summed E-state index contributed by atoms with van der Waals surface area (Å²) < 4.78 is 0. The van der Waals surface area contributed by atoms with E-state index >= 15 is 0 Å². The Kier molecular flexibility index (Phi) is 6.62. The van der Waals surface area contributed by atoms with Crippen LogP contribution in [0.3, 0.4) is 0 Å². The van der Waals surface area contributed by atoms with E-state index in [-0.39, 0.29) is 0 Å². The molecule has 0 aromatic rings. The van der Waals surface area contributed by atoms with Gasteiger partial charge in [0.05, 0.1) is 0 Å². The molecule has 2 aliphatic rings. The molecule has 1 N–H and O–H groups in total. The summed E-state index contributed by atoms with van der Waals surface area (Å²) in [5.41, 5.74) is 0. The van der Waals surface area contributed by atoms with E-state index in [4.69, 9.17) is 0 Å². The molecule has 2 atom stereocenters. The van der Waals surface area contributed by atoms with Crippen molar-refractivity contribution < 1.29 is 0 Å². The van der Waals surface area contributed by atoms with Gasteiger partial charge in [-0.1, -0.05) is 20.3 Å². The van der Waals surface area contributed by atoms with Gasteiger partial charge in [-0.2, -0.15) is 0 Å². The number of nitrogens with zero attached hydrogens (tertiary/aromatic N) is 2. The number of hydrogen-bond donors (Lipinski definition) is 1. The lowest BCUT2D eigenvalue weighted by Crippen LogP contribution is -2.53. The topological polar surface area (TPSA) is 18.5 Å². The first-order chi connectivity index (χ1) is 9.33. The molecule has 112 valence electrons. The predicted molar refractivity (Wildman–Crippen MR) is 82.6 cm³/mol. The van der Waals surface area contributed by atoms with Crippen LogP contribution in [0.15, 0.2) is 0 Å². The van der Waals surface area contributed by atoms with Crippen molar-refractivity contribution in [3.05, 3.63) is 0 Å². The molecular weight excluding hydrogens is 234 g/mol. The van der Waals surface area contributed by atoms with Crippen molar-refractivity contribution >= 4 is 0 Å². The fourth-order valence-corrected chi connectivity index (χ4v) is 3.70. The molecule has 19 heavy (non-hydrogen) atoms. The van der Waals surface area contributed by atoms with Crippen molar-refractivity contribution in [1.29, 1.82) is 0 Å². The lowest BCUT2D eigenvalue weighted by molar-refractivity contribution is 0.0719. The second-order valence-electron chi connectivity index (χ2n) is 6.35. The van der Waals surface area contributed by atoms with Gasteiger partial charge in [0.25, 0.3) is 0 Å². The summed E-state index contributed by atoms with van der Waals surface area (Å²) in [6.07, 6.45) is 8.18. The van der Waals surface area contributed by atoms with Crippen LogP contribution in [0, 0.1) is 0 Å². The van der Waals surface area contributed by atoms with Crippen LogP contribution in [0.25, 0.3) is 0 Å². The average molecular weight is 267 g/mol. The zero-order chi connectivity index (χ0) is 13.5. The smallest absolute Gasteiger partial charge is 0.0113 e. The molecule has 1 heterocycles. The Morgan fingerprint density at radius 3 is 2.47 bits per heavy atom. The van der Waals surface area contributed by atoms with E-state index in [1.165, 1.54) is 77.8 Å². The van der Waals surface area contributed by atoms with Gasteiger partial charge in [0.1, 0.15) is 0 Å². The predicted octanol–water partition coefficient (Wildman–Crippen LogP) is 2.32. The molecule has 0 bridgehead atoms. The summed E-state index contributed by atoms with van der Waals surface area (Å²) in [5.74, 6) is 0. The molecule has 0 aromatic heterocycles. The van der Waals surface area contributed by atoms with Gasteiger partial charge in [0.2, 0.25) is 0 Å². The van der Waals surface area contributed by atoms with Crippen LogP contribution >= 0.6 is 0 Å². The van der Waals surface area contributed by atoms with Gasteiger partial charge in [0, 0.05) is 38.3 Å². The summed E-state index contributed by atoms with van der Waals surface area (Å²) in [6, 6.07) is 1.64. The Morgan fingerprint density at radius 1 is 1.00 bits per heavy atom. The average Bonchev–Trinajstić information content (AvgIpc) is 2.46. The maximum atomic E-state index is 3.73. The molecular formula is C16H33N3. The molecule has 1 aliphatic carbocycles. The largest absolute Gasteiger partial charge is 0.314 e. The molecule has 3 nitrogen and oxygen atoms in total. The highest BCUT2D eigenvalue weighted by atomic mass is 15.3. The number of rotatable bonds is 6. The van der Waals surface area contributed by atoms with Crippen LogP contribution in [0.2, 0.25) is 0 Å². The van der Waals surface area contributed by atoms with Crippen molar-refractivity contribution in [1.82, 2.24) is 15.1 Å². The van der Waals surface area contributed by atoms with E-state index < -0.39 is 0 Å². The SMILES string of the molecule is CCCNC1CCCC(N2CCN(CCC)CC2)C1. The lowest BCUT2D eigenvalue weighted by Gasteiger charge is -2.42. The van der Waals surface area contributed by atoms with E-state index in [0.717, 1.165) is 12.1 Å². The van der Waals surface area contributed by atoms with Gasteiger partial charge in [0.15, 0.2) is 0 Å². The highest BCUT2D eigenvalue weighted by molar-refractivity contribution is 4.86. The molecule has 1 aliphatic heterocycles. The summed E-state index contributed by atoms with van der Waals surface area (Å²) in [5, 5.41) is 3.73. The van der Waals surface area contributed by atoms with Gasteiger partial charge in [-0.05, 0) is 45.2 Å². The monoisotopic (exact) mass is 267 g/mol. The maximum absolute atomic E-state index is 3.73. The third-order valence-corrected chi connectivity index (χ3v) is 4.79. The summed E-state index contributed by atoms with van der Waals surface area (Å²) >= 11 is 0. The third kappa shape index (κ3) is 4.73. The molecule has 0 spiro atoms. The standard InChI is InChI=1S/C16H33N3/c1-3-8-17-15-6-5-7-16(14-15)19-12-10-18(9-4-2)11-13-19/h15-17H,3-14H2,1-2H3. The van der Waals surface area contributed by atoms with Gasteiger partial charge in [-0.15, -0.1) is 0 Å². The van der Waals surface area contributed by atoms with E-state index in [1.54, 1.807) is 0 Å². The van der Waals surface area contributed by atoms with Crippen molar-refractivity contribution in [3.63, 3.8) is 0 Å². The molecule has 1 saturated heterocycles. The van der Waals surface area contributed by atoms with Crippen LogP contribution < -0.4 is 5.32 Å². The number of hydrogen-bond acceptors (Lipinski definition) is 3. The molecule has 0 radical (unpaired) electrons. The molecule has 2 unspecified atom stereocenters. The van der Waals surface area contributed by atoms with E-state index in [2.05, 4.69) is 29.0 Å². The van der Waals surface area contributed by atoms with Crippen molar-refractivity contribution in [2.24, 2.45) is 0 Å². The molecule has 0 aromatic carbocycles. The maximum Gasteiger partial charge on any atom is 0.0113 e. The van der Waals surface area contributed by atoms with Gasteiger partial charge in [-0.3, -0.25) is 4.90 Å². The Hall–Kier alpha value is -0.120. The fraction of sp³-hybridized carbons (Fsp3) is 1.00. The van der Waals surface area contributed by atoms with Crippen molar-refractivity contribution in [2.75, 3.05) is 39.3 Å². The van der Waals surface area contributed by atoms with Crippen molar-refractivity contribution in [3.8, 4) is 0 Å². The van der Waals surface area contributed by atoms with Gasteiger partial charge < -0.3 is 10.2 Å². The summed E-state index contributed by atoms with van der Waals surface area (Å²) in [4.78, 5) is 5.40. The first-order valence-corrected chi connectivity index (χ1v) is 8.53. The second-order valence-corrected chi connectivity index (χ2v) is 6.35. The number of piperazine rings is 1. The summed E-state index contributed by atoms with van der Waals surface area (Å²) in [6.45, 7) is 12.2. The summed E-state index contributed by atoms with van der Waals surface area (Å²) in [7, 11) is 0. The van der Waals surface area contributed by atoms with E-state index in [0.29, 0.717) is 0 Å². The normalized spacial score (nSPS) is 30.6. The Bertz CT molecular complexity index is 236. The lowest BCUT2D eigenvalue weighted by atomic mass is 9.89. The third-order valence-electron chi connectivity index (χ3n) is 4.79. The molecule has 2 rings (SSSR count). The van der Waals surface area contributed by atoms with Crippen LogP contribution in [0.5, 0.6) is 0 Å². The molecule has 3 heteroatoms. The van der Waals surface area contributed by atoms with Crippen LogP contribution in [0.4, 0.5) is 0 Å². The Labute approximate surface area is 119 Å². The minimum absolute atomic E-state index is 0.785. The highest BCUT2D eigenvalue weighted by Crippen LogP contribution is 2.24. The minimum Gasteiger partial charge on any atom is -0.314 e. The first-order valence-electron chi connectivity index (χ1n) is 8.53. The molecule has 1 saturated carbocycles. The fourth-order valence-electron chi connectivity index (χ4n) is 3.70. The quantitative estimate of drug-likeness (QED) is 0.797. The van der Waals surface area contributed by atoms with Crippen LogP contribution in [-0.2, 0) is 0 Å². The molecule has 0 amide bonds. The number of nitrogens with one attached hydrogen (secondary N) is 1. The highest BCUT2D eigenvalue weighted by Gasteiger charge is 2.28. The van der Waals surface area contributed by atoms with Gasteiger partial charge in [-0.25, -0.2) is 0 Å². The first kappa shape index (κ1) is 15.3. The minimum atomic E-state index is 0.785. The molecule has 2 fully saturated rings. The van der Waals surface area contributed by atoms with Crippen LogP contribution in [0.1, 0.15) is 52.4 Å². The van der Waals surface area contributed by atoms with Crippen LogP contribution in [-0.4, -0.2) is 61.2 Å². The second kappa shape index (κ2) is 8.23. The van der Waals surface area contributed by atoms with Gasteiger partial charge >= 0.3 is 0 Å². The van der Waals surface area contributed by atoms with E-state index in [9.17, 15) is 0 Å². The Morgan fingerprint density at radius 2 is 1.79 bits per heavy atom. The Balaban J connectivity index is 1.72.